The predicted octanol–water partition coefficient (Wildman–Crippen LogP) is 17.4. The zero-order valence-electron chi connectivity index (χ0n) is 43.1. The van der Waals surface area contributed by atoms with Gasteiger partial charge in [-0.2, -0.15) is 0 Å². The molecule has 0 saturated carbocycles. The standard InChI is InChI=1S/C70H51N7/c1-44-38-56(69-73-65(50-22-12-6-13-23-50)71-66(74-69)51-24-14-7-15-25-51)39-45(2)63(44)54-32-36-59-60-37-33-55(43-62(60)77(61(59)42-54)58-34-30-49(31-35-58)48-20-10-5-11-21-48)64-46(3)40-57(41-47(64)4)70-75-67(52-26-16-8-17-27-52)72-68(76-70)53-28-18-9-19-29-53/h5-43H,1-4H3. The summed E-state index contributed by atoms with van der Waals surface area (Å²) in [5.74, 6) is 3.85. The van der Waals surface area contributed by atoms with Crippen molar-refractivity contribution >= 4 is 21.8 Å². The number of rotatable bonds is 10. The van der Waals surface area contributed by atoms with E-state index in [0.29, 0.717) is 34.9 Å². The number of nitrogens with zero attached hydrogens (tertiary/aromatic N) is 7. The second-order valence-corrected chi connectivity index (χ2v) is 19.8. The van der Waals surface area contributed by atoms with Crippen LogP contribution in [0.25, 0.3) is 129 Å². The SMILES string of the molecule is Cc1cc(-c2nc(-c3ccccc3)nc(-c3ccccc3)n2)cc(C)c1-c1ccc2c3ccc(-c4c(C)cc(-c5nc(-c6ccccc6)nc(-c6ccccc6)n5)cc4C)cc3n(-c3ccc(-c4ccccc4)cc3)c2c1. The molecular formula is C70H51N7. The van der Waals surface area contributed by atoms with E-state index in [4.69, 9.17) is 29.9 Å². The molecule has 0 fully saturated rings. The van der Waals surface area contributed by atoms with Crippen LogP contribution >= 0.6 is 0 Å². The van der Waals surface area contributed by atoms with E-state index in [1.807, 2.05) is 121 Å². The van der Waals surface area contributed by atoms with Gasteiger partial charge in [-0.3, -0.25) is 0 Å². The minimum Gasteiger partial charge on any atom is -0.309 e. The molecule has 0 saturated heterocycles. The Morgan fingerprint density at radius 3 is 0.805 bits per heavy atom. The van der Waals surface area contributed by atoms with Crippen molar-refractivity contribution in [3.05, 3.63) is 259 Å². The van der Waals surface area contributed by atoms with Crippen LogP contribution in [-0.4, -0.2) is 34.5 Å². The molecular weight excluding hydrogens is 939 g/mol. The molecule has 7 nitrogen and oxygen atoms in total. The summed E-state index contributed by atoms with van der Waals surface area (Å²) in [6.45, 7) is 8.77. The van der Waals surface area contributed by atoms with Crippen LogP contribution in [0.15, 0.2) is 237 Å². The fraction of sp³-hybridized carbons (Fsp3) is 0.0571. The van der Waals surface area contributed by atoms with Crippen LogP contribution in [-0.2, 0) is 0 Å². The van der Waals surface area contributed by atoms with Gasteiger partial charge in [0.2, 0.25) is 0 Å². The quantitative estimate of drug-likeness (QED) is 0.136. The topological polar surface area (TPSA) is 82.3 Å². The summed E-state index contributed by atoms with van der Waals surface area (Å²) in [4.78, 5) is 30.2. The summed E-state index contributed by atoms with van der Waals surface area (Å²) in [5.41, 5.74) is 20.6. The molecule has 0 unspecified atom stereocenters. The maximum Gasteiger partial charge on any atom is 0.164 e. The van der Waals surface area contributed by atoms with Crippen LogP contribution in [0.4, 0.5) is 0 Å². The molecule has 3 heterocycles. The summed E-state index contributed by atoms with van der Waals surface area (Å²) in [5, 5.41) is 2.37. The number of hydrogen-bond acceptors (Lipinski definition) is 6. The van der Waals surface area contributed by atoms with Crippen LogP contribution < -0.4 is 0 Å². The molecule has 366 valence electrons. The van der Waals surface area contributed by atoms with E-state index >= 15 is 0 Å². The highest BCUT2D eigenvalue weighted by Crippen LogP contribution is 2.41. The van der Waals surface area contributed by atoms with Crippen LogP contribution in [0.1, 0.15) is 22.3 Å². The fourth-order valence-corrected chi connectivity index (χ4v) is 11.0. The Morgan fingerprint density at radius 2 is 0.494 bits per heavy atom. The van der Waals surface area contributed by atoms with Gasteiger partial charge in [-0.25, -0.2) is 29.9 Å². The number of fused-ring (bicyclic) bond motifs is 3. The highest BCUT2D eigenvalue weighted by Gasteiger charge is 2.21. The monoisotopic (exact) mass is 989 g/mol. The number of aryl methyl sites for hydroxylation is 4. The molecule has 0 N–H and O–H groups in total. The second-order valence-electron chi connectivity index (χ2n) is 19.8. The summed E-state index contributed by atoms with van der Waals surface area (Å²) in [7, 11) is 0. The van der Waals surface area contributed by atoms with E-state index in [2.05, 4.69) is 148 Å². The Kier molecular flexibility index (Phi) is 12.0. The summed E-state index contributed by atoms with van der Waals surface area (Å²) >= 11 is 0. The number of hydrogen-bond donors (Lipinski definition) is 0. The molecule has 0 aliphatic carbocycles. The van der Waals surface area contributed by atoms with Gasteiger partial charge in [0.1, 0.15) is 0 Å². The van der Waals surface area contributed by atoms with Crippen molar-refractivity contribution in [1.29, 1.82) is 0 Å². The maximum absolute atomic E-state index is 5.07. The van der Waals surface area contributed by atoms with Crippen molar-refractivity contribution < 1.29 is 0 Å². The lowest BCUT2D eigenvalue weighted by atomic mass is 9.92. The van der Waals surface area contributed by atoms with Gasteiger partial charge in [-0.1, -0.05) is 188 Å². The third kappa shape index (κ3) is 8.94. The Morgan fingerprint density at radius 1 is 0.234 bits per heavy atom. The molecule has 0 aliphatic rings. The first-order valence-electron chi connectivity index (χ1n) is 26.0. The molecule has 7 heteroatoms. The predicted molar refractivity (Wildman–Crippen MR) is 315 cm³/mol. The minimum atomic E-state index is 0.640. The smallest absolute Gasteiger partial charge is 0.164 e. The van der Waals surface area contributed by atoms with Gasteiger partial charge in [0.25, 0.3) is 0 Å². The number of benzene rings is 10. The van der Waals surface area contributed by atoms with Crippen molar-refractivity contribution in [2.45, 2.75) is 27.7 Å². The van der Waals surface area contributed by atoms with Gasteiger partial charge in [0.15, 0.2) is 34.9 Å². The van der Waals surface area contributed by atoms with Gasteiger partial charge in [0.05, 0.1) is 11.0 Å². The van der Waals surface area contributed by atoms with Crippen molar-refractivity contribution in [3.63, 3.8) is 0 Å². The summed E-state index contributed by atoms with van der Waals surface area (Å²) in [6.07, 6.45) is 0. The average Bonchev–Trinajstić information content (AvgIpc) is 3.92. The Bertz CT molecular complexity index is 3930. The van der Waals surface area contributed by atoms with Gasteiger partial charge in [0, 0.05) is 49.8 Å². The zero-order chi connectivity index (χ0) is 52.0. The van der Waals surface area contributed by atoms with Crippen LogP contribution in [0.2, 0.25) is 0 Å². The minimum absolute atomic E-state index is 0.640. The lowest BCUT2D eigenvalue weighted by molar-refractivity contribution is 1.07. The maximum atomic E-state index is 5.07. The normalized spacial score (nSPS) is 11.4. The van der Waals surface area contributed by atoms with Crippen LogP contribution in [0.5, 0.6) is 0 Å². The largest absolute Gasteiger partial charge is 0.309 e. The van der Waals surface area contributed by atoms with Gasteiger partial charge in [-0.05, 0) is 132 Å². The van der Waals surface area contributed by atoms with E-state index in [1.54, 1.807) is 0 Å². The molecule has 0 bridgehead atoms. The molecule has 10 aromatic carbocycles. The molecule has 0 radical (unpaired) electrons. The molecule has 13 aromatic rings. The second kappa shape index (κ2) is 19.7. The molecule has 0 amide bonds. The summed E-state index contributed by atoms with van der Waals surface area (Å²) in [6, 6.07) is 82.8. The molecule has 13 rings (SSSR count). The van der Waals surface area contributed by atoms with E-state index in [-0.39, 0.29) is 0 Å². The third-order valence-corrected chi connectivity index (χ3v) is 14.6. The van der Waals surface area contributed by atoms with Gasteiger partial charge < -0.3 is 4.57 Å². The first-order valence-corrected chi connectivity index (χ1v) is 26.0. The van der Waals surface area contributed by atoms with Crippen molar-refractivity contribution in [3.8, 4) is 107 Å². The van der Waals surface area contributed by atoms with Gasteiger partial charge in [-0.15, -0.1) is 0 Å². The first kappa shape index (κ1) is 46.8. The van der Waals surface area contributed by atoms with Crippen molar-refractivity contribution in [1.82, 2.24) is 34.5 Å². The zero-order valence-corrected chi connectivity index (χ0v) is 43.1. The van der Waals surface area contributed by atoms with E-state index in [0.717, 1.165) is 83.5 Å². The Balaban J connectivity index is 0.932. The van der Waals surface area contributed by atoms with Crippen molar-refractivity contribution in [2.24, 2.45) is 0 Å². The molecule has 3 aromatic heterocycles. The first-order chi connectivity index (χ1) is 37.8. The lowest BCUT2D eigenvalue weighted by Gasteiger charge is -2.15. The molecule has 0 spiro atoms. The summed E-state index contributed by atoms with van der Waals surface area (Å²) < 4.78 is 2.44. The molecule has 77 heavy (non-hydrogen) atoms. The number of aromatic nitrogens is 7. The van der Waals surface area contributed by atoms with E-state index in [1.165, 1.54) is 33.0 Å². The lowest BCUT2D eigenvalue weighted by Crippen LogP contribution is -2.01. The Labute approximate surface area is 448 Å². The van der Waals surface area contributed by atoms with E-state index < -0.39 is 0 Å². The van der Waals surface area contributed by atoms with Crippen molar-refractivity contribution in [2.75, 3.05) is 0 Å². The molecule has 0 atom stereocenters. The highest BCUT2D eigenvalue weighted by molar-refractivity contribution is 6.11. The van der Waals surface area contributed by atoms with Crippen LogP contribution in [0.3, 0.4) is 0 Å². The highest BCUT2D eigenvalue weighted by atomic mass is 15.0. The van der Waals surface area contributed by atoms with Gasteiger partial charge >= 0.3 is 0 Å². The average molecular weight is 990 g/mol. The molecule has 0 aliphatic heterocycles. The Hall–Kier alpha value is -9.98. The third-order valence-electron chi connectivity index (χ3n) is 14.6. The van der Waals surface area contributed by atoms with Crippen LogP contribution in [0, 0.1) is 27.7 Å². The fourth-order valence-electron chi connectivity index (χ4n) is 11.0. The van der Waals surface area contributed by atoms with E-state index in [9.17, 15) is 0 Å².